The summed E-state index contributed by atoms with van der Waals surface area (Å²) in [5.74, 6) is 0.708. The minimum absolute atomic E-state index is 0.0921. The molecule has 20 heavy (non-hydrogen) atoms. The van der Waals surface area contributed by atoms with Crippen LogP contribution in [0.3, 0.4) is 0 Å². The first kappa shape index (κ1) is 13.3. The average molecular weight is 291 g/mol. The number of anilines is 1. The van der Waals surface area contributed by atoms with E-state index in [1.807, 2.05) is 0 Å². The van der Waals surface area contributed by atoms with Crippen molar-refractivity contribution >= 4 is 33.3 Å². The molecular formula is C14H17N3O2S. The standard InChI is InChI=1S/C14H17N3O2S/c1-8-2-3-9-10(6-8)20-14-12(9)13(16-7-17-14)15-5-4-11(18)19/h7-8H,2-6H2,1H3,(H,18,19)(H,15,16,17). The molecule has 3 rings (SSSR count). The van der Waals surface area contributed by atoms with Crippen LogP contribution in [0.5, 0.6) is 0 Å². The van der Waals surface area contributed by atoms with Gasteiger partial charge in [0.15, 0.2) is 0 Å². The van der Waals surface area contributed by atoms with Crippen LogP contribution in [0.1, 0.15) is 30.2 Å². The highest BCUT2D eigenvalue weighted by Crippen LogP contribution is 2.39. The number of aliphatic carboxylic acids is 1. The normalized spacial score (nSPS) is 17.9. The molecule has 6 heteroatoms. The van der Waals surface area contributed by atoms with Crippen LogP contribution >= 0.6 is 11.3 Å². The molecule has 0 amide bonds. The van der Waals surface area contributed by atoms with Crippen LogP contribution in [0, 0.1) is 5.92 Å². The van der Waals surface area contributed by atoms with E-state index in [1.54, 1.807) is 17.7 Å². The summed E-state index contributed by atoms with van der Waals surface area (Å²) in [5, 5.41) is 13.0. The van der Waals surface area contributed by atoms with Crippen molar-refractivity contribution in [3.63, 3.8) is 0 Å². The van der Waals surface area contributed by atoms with E-state index in [9.17, 15) is 4.79 Å². The number of fused-ring (bicyclic) bond motifs is 3. The summed E-state index contributed by atoms with van der Waals surface area (Å²) in [6.45, 7) is 2.67. The highest BCUT2D eigenvalue weighted by atomic mass is 32.1. The topological polar surface area (TPSA) is 75.1 Å². The number of aryl methyl sites for hydroxylation is 1. The average Bonchev–Trinajstić information content (AvgIpc) is 2.76. The minimum atomic E-state index is -0.802. The molecular weight excluding hydrogens is 274 g/mol. The van der Waals surface area contributed by atoms with Crippen LogP contribution in [-0.2, 0) is 17.6 Å². The van der Waals surface area contributed by atoms with Gasteiger partial charge in [0.05, 0.1) is 11.8 Å². The lowest BCUT2D eigenvalue weighted by atomic mass is 9.89. The Hall–Kier alpha value is -1.69. The number of carbonyl (C=O) groups is 1. The van der Waals surface area contributed by atoms with Crippen molar-refractivity contribution in [1.82, 2.24) is 9.97 Å². The number of rotatable bonds is 4. The van der Waals surface area contributed by atoms with Gasteiger partial charge in [-0.05, 0) is 30.7 Å². The zero-order valence-electron chi connectivity index (χ0n) is 11.3. The van der Waals surface area contributed by atoms with E-state index in [0.29, 0.717) is 6.54 Å². The van der Waals surface area contributed by atoms with Gasteiger partial charge >= 0.3 is 5.97 Å². The van der Waals surface area contributed by atoms with Crippen LogP contribution < -0.4 is 5.32 Å². The van der Waals surface area contributed by atoms with Gasteiger partial charge in [-0.25, -0.2) is 9.97 Å². The Labute approximate surface area is 121 Å². The molecule has 2 N–H and O–H groups in total. The largest absolute Gasteiger partial charge is 0.481 e. The van der Waals surface area contributed by atoms with Gasteiger partial charge in [-0.2, -0.15) is 0 Å². The van der Waals surface area contributed by atoms with Crippen molar-refractivity contribution in [3.05, 3.63) is 16.8 Å². The number of hydrogen-bond donors (Lipinski definition) is 2. The van der Waals surface area contributed by atoms with Crippen molar-refractivity contribution in [2.45, 2.75) is 32.6 Å². The summed E-state index contributed by atoms with van der Waals surface area (Å²) in [4.78, 5) is 21.7. The number of hydrogen-bond acceptors (Lipinski definition) is 5. The monoisotopic (exact) mass is 291 g/mol. The summed E-state index contributed by atoms with van der Waals surface area (Å²) in [7, 11) is 0. The first-order valence-corrected chi connectivity index (χ1v) is 7.67. The maximum Gasteiger partial charge on any atom is 0.305 e. The highest BCUT2D eigenvalue weighted by Gasteiger charge is 2.22. The van der Waals surface area contributed by atoms with Crippen molar-refractivity contribution in [3.8, 4) is 0 Å². The molecule has 0 bridgehead atoms. The van der Waals surface area contributed by atoms with Crippen LogP contribution in [0.25, 0.3) is 10.2 Å². The zero-order valence-corrected chi connectivity index (χ0v) is 12.2. The Balaban J connectivity index is 1.94. The Morgan fingerprint density at radius 3 is 3.20 bits per heavy atom. The Morgan fingerprint density at radius 2 is 2.40 bits per heavy atom. The Kier molecular flexibility index (Phi) is 3.56. The quantitative estimate of drug-likeness (QED) is 0.906. The van der Waals surface area contributed by atoms with E-state index >= 15 is 0 Å². The predicted molar refractivity (Wildman–Crippen MR) is 79.3 cm³/mol. The molecule has 5 nitrogen and oxygen atoms in total. The fourth-order valence-electron chi connectivity index (χ4n) is 2.70. The lowest BCUT2D eigenvalue weighted by Crippen LogP contribution is -2.11. The lowest BCUT2D eigenvalue weighted by molar-refractivity contribution is -0.136. The van der Waals surface area contributed by atoms with Crippen molar-refractivity contribution < 1.29 is 9.90 Å². The smallest absolute Gasteiger partial charge is 0.305 e. The summed E-state index contributed by atoms with van der Waals surface area (Å²) in [6.07, 6.45) is 5.02. The SMILES string of the molecule is CC1CCc2c(sc3ncnc(NCCC(=O)O)c23)C1. The van der Waals surface area contributed by atoms with Gasteiger partial charge in [0.25, 0.3) is 0 Å². The van der Waals surface area contributed by atoms with Crippen molar-refractivity contribution in [1.29, 1.82) is 0 Å². The van der Waals surface area contributed by atoms with Crippen LogP contribution in [0.2, 0.25) is 0 Å². The summed E-state index contributed by atoms with van der Waals surface area (Å²) in [6, 6.07) is 0. The van der Waals surface area contributed by atoms with E-state index in [-0.39, 0.29) is 6.42 Å². The van der Waals surface area contributed by atoms with Crippen LogP contribution in [0.15, 0.2) is 6.33 Å². The number of carboxylic acid groups (broad SMARTS) is 1. The second kappa shape index (κ2) is 5.36. The number of nitrogens with zero attached hydrogens (tertiary/aromatic N) is 2. The second-order valence-electron chi connectivity index (χ2n) is 5.32. The molecule has 1 aliphatic rings. The van der Waals surface area contributed by atoms with Crippen LogP contribution in [0.4, 0.5) is 5.82 Å². The zero-order chi connectivity index (χ0) is 14.1. The molecule has 2 aromatic heterocycles. The summed E-state index contributed by atoms with van der Waals surface area (Å²) in [5.41, 5.74) is 1.36. The fourth-order valence-corrected chi connectivity index (χ4v) is 4.05. The third-order valence-corrected chi connectivity index (χ3v) is 4.89. The first-order valence-electron chi connectivity index (χ1n) is 6.86. The molecule has 1 unspecified atom stereocenters. The van der Waals surface area contributed by atoms with Gasteiger partial charge in [-0.3, -0.25) is 4.79 Å². The van der Waals surface area contributed by atoms with E-state index in [1.165, 1.54) is 16.9 Å². The van der Waals surface area contributed by atoms with Gasteiger partial charge in [0.1, 0.15) is 17.0 Å². The maximum absolute atomic E-state index is 10.6. The van der Waals surface area contributed by atoms with Crippen LogP contribution in [-0.4, -0.2) is 27.6 Å². The molecule has 0 spiro atoms. The summed E-state index contributed by atoms with van der Waals surface area (Å²) >= 11 is 1.75. The molecule has 0 radical (unpaired) electrons. The van der Waals surface area contributed by atoms with E-state index < -0.39 is 5.97 Å². The first-order chi connectivity index (χ1) is 9.65. The maximum atomic E-state index is 10.6. The van der Waals surface area contributed by atoms with Gasteiger partial charge in [-0.1, -0.05) is 6.92 Å². The number of aromatic nitrogens is 2. The summed E-state index contributed by atoms with van der Waals surface area (Å²) < 4.78 is 0. The Bertz CT molecular complexity index is 653. The van der Waals surface area contributed by atoms with Crippen molar-refractivity contribution in [2.24, 2.45) is 5.92 Å². The van der Waals surface area contributed by atoms with E-state index in [4.69, 9.17) is 5.11 Å². The van der Waals surface area contributed by atoms with Gasteiger partial charge < -0.3 is 10.4 Å². The van der Waals surface area contributed by atoms with Crippen molar-refractivity contribution in [2.75, 3.05) is 11.9 Å². The molecule has 0 fully saturated rings. The van der Waals surface area contributed by atoms with Gasteiger partial charge in [0.2, 0.25) is 0 Å². The number of carboxylic acids is 1. The molecule has 2 aromatic rings. The minimum Gasteiger partial charge on any atom is -0.481 e. The van der Waals surface area contributed by atoms with E-state index in [0.717, 1.165) is 34.8 Å². The second-order valence-corrected chi connectivity index (χ2v) is 6.41. The highest BCUT2D eigenvalue weighted by molar-refractivity contribution is 7.19. The number of nitrogens with one attached hydrogen (secondary N) is 1. The molecule has 1 aliphatic carbocycles. The predicted octanol–water partition coefficient (Wildman–Crippen LogP) is 2.70. The lowest BCUT2D eigenvalue weighted by Gasteiger charge is -2.18. The third kappa shape index (κ3) is 2.47. The molecule has 1 atom stereocenters. The molecule has 106 valence electrons. The molecule has 0 saturated carbocycles. The van der Waals surface area contributed by atoms with Gasteiger partial charge in [-0.15, -0.1) is 11.3 Å². The molecule has 0 aromatic carbocycles. The third-order valence-electron chi connectivity index (χ3n) is 3.72. The molecule has 0 aliphatic heterocycles. The Morgan fingerprint density at radius 1 is 1.55 bits per heavy atom. The molecule has 0 saturated heterocycles. The molecule has 2 heterocycles. The fraction of sp³-hybridized carbons (Fsp3) is 0.500. The van der Waals surface area contributed by atoms with Gasteiger partial charge in [0, 0.05) is 11.4 Å². The van der Waals surface area contributed by atoms with E-state index in [2.05, 4.69) is 22.2 Å². The number of thiophene rings is 1.